The van der Waals surface area contributed by atoms with Crippen molar-refractivity contribution >= 4 is 136 Å². The first kappa shape index (κ1) is 119. The Labute approximate surface area is 788 Å². The number of rotatable bonds is 52. The van der Waals surface area contributed by atoms with Crippen LogP contribution in [0.4, 0.5) is 0 Å². The second-order valence-electron chi connectivity index (χ2n) is 40.3. The van der Waals surface area contributed by atoms with E-state index in [0.717, 1.165) is 0 Å². The minimum Gasteiger partial charge on any atom is -0.394 e. The van der Waals surface area contributed by atoms with E-state index in [1.807, 2.05) is 6.92 Å². The maximum absolute atomic E-state index is 14.5. The van der Waals surface area contributed by atoms with Gasteiger partial charge in [0.25, 0.3) is 0 Å². The molecule has 23 amide bonds. The molecule has 0 aromatic heterocycles. The minimum atomic E-state index is -1.90. The lowest BCUT2D eigenvalue weighted by molar-refractivity contribution is -0.146. The van der Waals surface area contributed by atoms with Crippen LogP contribution in [0, 0.1) is 17.8 Å². The Kier molecular flexibility index (Phi) is 43.4. The van der Waals surface area contributed by atoms with E-state index in [2.05, 4.69) is 95.7 Å². The Hall–Kier alpha value is -12.2. The van der Waals surface area contributed by atoms with Crippen LogP contribution < -0.4 is 113 Å². The van der Waals surface area contributed by atoms with Gasteiger partial charge in [-0.3, -0.25) is 110 Å². The topological polar surface area (TPSA) is 714 Å². The Bertz CT molecular complexity index is 4420. The Morgan fingerprint density at radius 2 is 0.696 bits per heavy atom. The fourth-order valence-electron chi connectivity index (χ4n) is 14.1. The van der Waals surface area contributed by atoms with Crippen LogP contribution in [0.5, 0.6) is 0 Å². The molecule has 2 saturated heterocycles. The number of aliphatic hydroxyl groups is 1. The van der Waals surface area contributed by atoms with Crippen molar-refractivity contribution in [1.29, 1.82) is 0 Å². The molecule has 2 fully saturated rings. The highest BCUT2D eigenvalue weighted by atomic mass is 16.3. The summed E-state index contributed by atoms with van der Waals surface area (Å²) in [6, 6.07) is -13.0. The summed E-state index contributed by atoms with van der Waals surface area (Å²) in [5.41, 5.74) is 0.395. The third-order valence-electron chi connectivity index (χ3n) is 22.9. The largest absolute Gasteiger partial charge is 0.394 e. The number of carbonyl (C=O) groups is 23. The van der Waals surface area contributed by atoms with Crippen LogP contribution >= 0.6 is 0 Å². The maximum Gasteiger partial charge on any atom is 0.248 e. The summed E-state index contributed by atoms with van der Waals surface area (Å²) in [7, 11) is 0. The predicted octanol–water partition coefficient (Wildman–Crippen LogP) is -5.39. The normalized spacial score (nSPS) is 16.4. The standard InChI is InChI=1S/C88H151N23O24/c1-28-46(6)54(43-112)97-64(120)50(33-36-57(89)114)96-65(121)51(34-37-58(90)115)98-75(131)84(18,19)108-77(133)86(22,23)107-70(126)61(45(4)5)100-68(124)55-31-29-39-110(55)79(135)88(26,27)109-76(132)85(20,21)102-60(117)42-92-71(127)80(10,11)105-67(123)53(41-44(2)3)99-74(130)83(16,17)104-66(122)52(35-38-59(91)116)95-62(118)47(7)93-72(128)81(12,13)103-63(119)48(8)94-73(129)82(14,15)106-69(125)56-32-30-40-111(56)78(134)87(24,25)101-49(9)113/h44-48,50-56,61,112H,28-43H2,1-27H3,(H2,89,114)(H2,90,115)(H2,91,116)(H,92,127)(H,93,128)(H,94,129)(H,95,118)(H,96,121)(H,97,120)(H,98,131)(H,99,130)(H,100,124)(H,101,113)(H,102,117)(H,103,119)(H,104,122)(H,105,123)(H,106,125)(H,107,126)(H,108,133)(H,109,132)/t46?,47-,48-,50-,51-,52-,53-,54+,55-,56-,61-/m0/s1. The second-order valence-corrected chi connectivity index (χ2v) is 40.3. The zero-order chi connectivity index (χ0) is 104. The zero-order valence-corrected chi connectivity index (χ0v) is 83.3. The number of nitrogens with zero attached hydrogens (tertiary/aromatic N) is 2. The van der Waals surface area contributed by atoms with E-state index in [4.69, 9.17) is 17.2 Å². The molecule has 0 aliphatic carbocycles. The molecule has 762 valence electrons. The molecular formula is C88H151N23O24. The van der Waals surface area contributed by atoms with Crippen LogP contribution in [0.1, 0.15) is 264 Å². The quantitative estimate of drug-likeness (QED) is 0.0270. The average molecular weight is 1920 g/mol. The molecule has 1 unspecified atom stereocenters. The number of hydrogen-bond acceptors (Lipinski definition) is 24. The van der Waals surface area contributed by atoms with Crippen molar-refractivity contribution < 1.29 is 115 Å². The Morgan fingerprint density at radius 1 is 0.356 bits per heavy atom. The number of nitrogens with two attached hydrogens (primary N) is 3. The first-order chi connectivity index (χ1) is 61.6. The molecule has 11 atom stereocenters. The molecule has 2 aliphatic rings. The van der Waals surface area contributed by atoms with Crippen LogP contribution in [0.25, 0.3) is 0 Å². The second kappa shape index (κ2) is 49.3. The SMILES string of the molecule is CCC(C)[C@@H](CO)NC(=O)[C@H](CCC(N)=O)NC(=O)[C@H](CCC(N)=O)NC(=O)C(C)(C)NC(=O)C(C)(C)NC(=O)[C@@H](NC(=O)[C@@H]1CCCN1C(=O)C(C)(C)NC(=O)C(C)(C)NC(=O)CNC(=O)C(C)(C)NC(=O)[C@H](CC(C)C)NC(=O)C(C)(C)NC(=O)[C@H](CCC(N)=O)NC(=O)[C@H](C)NC(=O)C(C)(C)NC(=O)[C@H](C)NC(=O)C(C)(C)NC(=O)[C@@H]1CCCN1C(=O)C(C)(C)NC(C)=O)C(C)C. The van der Waals surface area contributed by atoms with Gasteiger partial charge in [-0.25, -0.2) is 0 Å². The Balaban J connectivity index is 2.14. The van der Waals surface area contributed by atoms with Gasteiger partial charge in [-0.1, -0.05) is 48.0 Å². The van der Waals surface area contributed by atoms with Crippen molar-refractivity contribution in [3.05, 3.63) is 0 Å². The first-order valence-electron chi connectivity index (χ1n) is 45.2. The van der Waals surface area contributed by atoms with E-state index in [-0.39, 0.29) is 63.5 Å². The number of likely N-dealkylation sites (tertiary alicyclic amines) is 2. The minimum absolute atomic E-state index is 0.0258. The van der Waals surface area contributed by atoms with Gasteiger partial charge in [0.2, 0.25) is 136 Å². The number of nitrogens with one attached hydrogen (secondary N) is 18. The zero-order valence-electron chi connectivity index (χ0n) is 83.3. The van der Waals surface area contributed by atoms with Crippen molar-refractivity contribution in [2.24, 2.45) is 35.0 Å². The predicted molar refractivity (Wildman–Crippen MR) is 491 cm³/mol. The highest BCUT2D eigenvalue weighted by Gasteiger charge is 2.49. The van der Waals surface area contributed by atoms with Crippen LogP contribution in [-0.2, 0) is 110 Å². The van der Waals surface area contributed by atoms with Crippen molar-refractivity contribution in [2.45, 2.75) is 374 Å². The van der Waals surface area contributed by atoms with Gasteiger partial charge in [-0.05, 0) is 208 Å². The van der Waals surface area contributed by atoms with Crippen LogP contribution in [0.2, 0.25) is 0 Å². The number of hydrogen-bond donors (Lipinski definition) is 22. The fraction of sp³-hybridized carbons (Fsp3) is 0.739. The smallest absolute Gasteiger partial charge is 0.248 e. The van der Waals surface area contributed by atoms with E-state index in [1.165, 1.54) is 155 Å². The molecular weight excluding hydrogens is 1760 g/mol. The van der Waals surface area contributed by atoms with E-state index in [0.29, 0.717) is 19.3 Å². The van der Waals surface area contributed by atoms with Gasteiger partial charge >= 0.3 is 0 Å². The highest BCUT2D eigenvalue weighted by Crippen LogP contribution is 2.27. The fourth-order valence-corrected chi connectivity index (χ4v) is 14.1. The highest BCUT2D eigenvalue weighted by molar-refractivity contribution is 6.05. The molecule has 0 radical (unpaired) electrons. The number of aliphatic hydroxyl groups excluding tert-OH is 1. The summed E-state index contributed by atoms with van der Waals surface area (Å²) >= 11 is 0. The monoisotopic (exact) mass is 1910 g/mol. The number of carbonyl (C=O) groups excluding carboxylic acids is 23. The summed E-state index contributed by atoms with van der Waals surface area (Å²) in [4.78, 5) is 314. The van der Waals surface area contributed by atoms with Gasteiger partial charge in [0.15, 0.2) is 0 Å². The lowest BCUT2D eigenvalue weighted by Crippen LogP contribution is -2.66. The van der Waals surface area contributed by atoms with Crippen LogP contribution in [0.15, 0.2) is 0 Å². The summed E-state index contributed by atoms with van der Waals surface area (Å²) in [5, 5.41) is 55.6. The van der Waals surface area contributed by atoms with E-state index in [1.54, 1.807) is 34.6 Å². The Morgan fingerprint density at radius 3 is 1.13 bits per heavy atom. The summed E-state index contributed by atoms with van der Waals surface area (Å²) in [6.45, 7) is 37.0. The molecule has 47 heteroatoms. The van der Waals surface area contributed by atoms with Gasteiger partial charge in [0.05, 0.1) is 19.2 Å². The number of primary amides is 3. The molecule has 135 heavy (non-hydrogen) atoms. The summed E-state index contributed by atoms with van der Waals surface area (Å²) in [6.07, 6.45) is -0.647. The molecule has 25 N–H and O–H groups in total. The van der Waals surface area contributed by atoms with E-state index >= 15 is 0 Å². The van der Waals surface area contributed by atoms with E-state index < -0.39 is 284 Å². The lowest BCUT2D eigenvalue weighted by Gasteiger charge is -2.36. The molecule has 0 spiro atoms. The molecule has 0 aromatic rings. The molecule has 2 aliphatic heterocycles. The molecule has 0 aromatic carbocycles. The molecule has 47 nitrogen and oxygen atoms in total. The third kappa shape index (κ3) is 36.5. The van der Waals surface area contributed by atoms with Gasteiger partial charge in [0.1, 0.15) is 104 Å². The third-order valence-corrected chi connectivity index (χ3v) is 22.9. The van der Waals surface area contributed by atoms with Gasteiger partial charge in [-0.15, -0.1) is 0 Å². The van der Waals surface area contributed by atoms with Gasteiger partial charge in [-0.2, -0.15) is 0 Å². The van der Waals surface area contributed by atoms with Crippen molar-refractivity contribution in [1.82, 2.24) is 106 Å². The van der Waals surface area contributed by atoms with Crippen molar-refractivity contribution in [2.75, 3.05) is 26.2 Å². The van der Waals surface area contributed by atoms with Crippen LogP contribution in [0.3, 0.4) is 0 Å². The first-order valence-corrected chi connectivity index (χ1v) is 45.2. The summed E-state index contributed by atoms with van der Waals surface area (Å²) < 4.78 is 0. The van der Waals surface area contributed by atoms with Gasteiger partial charge < -0.3 is 128 Å². The molecule has 0 saturated carbocycles. The molecule has 2 heterocycles. The average Bonchev–Trinajstić information content (AvgIpc) is 1.62. The van der Waals surface area contributed by atoms with Crippen molar-refractivity contribution in [3.8, 4) is 0 Å². The van der Waals surface area contributed by atoms with E-state index in [9.17, 15) is 115 Å². The maximum atomic E-state index is 14.5. The van der Waals surface area contributed by atoms with Gasteiger partial charge in [0, 0.05) is 39.3 Å². The number of amides is 23. The van der Waals surface area contributed by atoms with Crippen molar-refractivity contribution in [3.63, 3.8) is 0 Å². The lowest BCUT2D eigenvalue weighted by atomic mass is 9.96. The molecule has 2 rings (SSSR count). The summed E-state index contributed by atoms with van der Waals surface area (Å²) in [5.74, 6) is -20.5. The van der Waals surface area contributed by atoms with Crippen LogP contribution in [-0.4, -0.2) is 287 Å². The molecule has 0 bridgehead atoms.